The lowest BCUT2D eigenvalue weighted by Gasteiger charge is -2.11. The van der Waals surface area contributed by atoms with Crippen LogP contribution in [0.3, 0.4) is 0 Å². The van der Waals surface area contributed by atoms with Crippen molar-refractivity contribution in [3.05, 3.63) is 70.8 Å². The summed E-state index contributed by atoms with van der Waals surface area (Å²) in [6.45, 7) is 2.93. The highest BCUT2D eigenvalue weighted by Crippen LogP contribution is 2.26. The third kappa shape index (κ3) is 3.81. The van der Waals surface area contributed by atoms with Crippen molar-refractivity contribution < 1.29 is 9.53 Å². The van der Waals surface area contributed by atoms with Gasteiger partial charge in [-0.05, 0) is 55.5 Å². The second kappa shape index (κ2) is 8.46. The summed E-state index contributed by atoms with van der Waals surface area (Å²) >= 11 is 5.21. The van der Waals surface area contributed by atoms with Crippen LogP contribution in [0.5, 0.6) is 5.75 Å². The van der Waals surface area contributed by atoms with E-state index in [1.807, 2.05) is 66.1 Å². The molecule has 0 aliphatic carbocycles. The molecule has 0 aliphatic rings. The molecule has 4 rings (SSSR count). The van der Waals surface area contributed by atoms with Gasteiger partial charge >= 0.3 is 0 Å². The van der Waals surface area contributed by atoms with Crippen molar-refractivity contribution in [1.29, 1.82) is 0 Å². The number of fused-ring (bicyclic) bond motifs is 1. The molecule has 0 saturated heterocycles. The Morgan fingerprint density at radius 2 is 1.97 bits per heavy atom. The number of benzene rings is 2. The molecule has 2 aromatic heterocycles. The number of aromatic amines is 1. The minimum Gasteiger partial charge on any atom is -0.497 e. The summed E-state index contributed by atoms with van der Waals surface area (Å²) in [6.07, 6.45) is 0. The van der Waals surface area contributed by atoms with E-state index in [0.717, 1.165) is 27.9 Å². The van der Waals surface area contributed by atoms with Crippen LogP contribution in [0, 0.1) is 4.77 Å². The molecule has 7 nitrogen and oxygen atoms in total. The fourth-order valence-electron chi connectivity index (χ4n) is 3.34. The number of carbonyl (C=O) groups is 1. The molecular formula is C22H21N5O2S. The fraction of sp³-hybridized carbons (Fsp3) is 0.182. The smallest absolute Gasteiger partial charge is 0.252 e. The molecule has 0 spiro atoms. The molecule has 2 heterocycles. The summed E-state index contributed by atoms with van der Waals surface area (Å²) in [5, 5.41) is 10.7. The van der Waals surface area contributed by atoms with E-state index >= 15 is 0 Å². The van der Waals surface area contributed by atoms with Crippen molar-refractivity contribution in [1.82, 2.24) is 25.1 Å². The van der Waals surface area contributed by atoms with Gasteiger partial charge in [0.1, 0.15) is 5.75 Å². The van der Waals surface area contributed by atoms with Gasteiger partial charge in [-0.1, -0.05) is 18.2 Å². The molecule has 2 N–H and O–H groups in total. The van der Waals surface area contributed by atoms with Crippen molar-refractivity contribution in [3.8, 4) is 17.0 Å². The maximum atomic E-state index is 13.1. The number of pyridine rings is 1. The van der Waals surface area contributed by atoms with Gasteiger partial charge in [0, 0.05) is 17.5 Å². The fourth-order valence-corrected chi connectivity index (χ4v) is 3.62. The number of carbonyl (C=O) groups excluding carboxylic acids is 1. The third-order valence-corrected chi connectivity index (χ3v) is 5.22. The van der Waals surface area contributed by atoms with Gasteiger partial charge in [0.25, 0.3) is 5.91 Å². The predicted octanol–water partition coefficient (Wildman–Crippen LogP) is 4.11. The molecule has 0 bridgehead atoms. The van der Waals surface area contributed by atoms with Gasteiger partial charge in [-0.25, -0.2) is 4.98 Å². The van der Waals surface area contributed by atoms with Gasteiger partial charge in [0.2, 0.25) is 0 Å². The highest BCUT2D eigenvalue weighted by atomic mass is 32.1. The van der Waals surface area contributed by atoms with Crippen LogP contribution in [0.4, 0.5) is 0 Å². The molecule has 0 aliphatic heterocycles. The second-order valence-electron chi connectivity index (χ2n) is 6.67. The highest BCUT2D eigenvalue weighted by molar-refractivity contribution is 7.71. The van der Waals surface area contributed by atoms with Crippen LogP contribution in [0.15, 0.2) is 54.6 Å². The summed E-state index contributed by atoms with van der Waals surface area (Å²) < 4.78 is 7.62. The zero-order chi connectivity index (χ0) is 21.1. The molecule has 1 amide bonds. The summed E-state index contributed by atoms with van der Waals surface area (Å²) in [5.74, 6) is 1.26. The van der Waals surface area contributed by atoms with Gasteiger partial charge in [0.05, 0.1) is 30.4 Å². The van der Waals surface area contributed by atoms with Crippen molar-refractivity contribution in [2.75, 3.05) is 7.11 Å². The Morgan fingerprint density at radius 3 is 2.70 bits per heavy atom. The number of hydrogen-bond acceptors (Lipinski definition) is 5. The first kappa shape index (κ1) is 19.8. The van der Waals surface area contributed by atoms with E-state index in [-0.39, 0.29) is 12.5 Å². The number of rotatable bonds is 6. The van der Waals surface area contributed by atoms with Gasteiger partial charge in [-0.15, -0.1) is 0 Å². The van der Waals surface area contributed by atoms with Crippen molar-refractivity contribution >= 4 is 29.0 Å². The van der Waals surface area contributed by atoms with Crippen LogP contribution in [-0.2, 0) is 13.1 Å². The highest BCUT2D eigenvalue weighted by Gasteiger charge is 2.15. The molecule has 0 atom stereocenters. The van der Waals surface area contributed by atoms with E-state index in [4.69, 9.17) is 21.9 Å². The Hall–Kier alpha value is -3.52. The first-order valence-electron chi connectivity index (χ1n) is 9.57. The van der Waals surface area contributed by atoms with Crippen LogP contribution in [0.25, 0.3) is 22.2 Å². The topological polar surface area (TPSA) is 84.8 Å². The Morgan fingerprint density at radius 1 is 1.20 bits per heavy atom. The minimum absolute atomic E-state index is 0.195. The maximum absolute atomic E-state index is 13.1. The number of nitrogens with zero attached hydrogens (tertiary/aromatic N) is 3. The molecular weight excluding hydrogens is 398 g/mol. The van der Waals surface area contributed by atoms with E-state index < -0.39 is 0 Å². The quantitative estimate of drug-likeness (QED) is 0.460. The summed E-state index contributed by atoms with van der Waals surface area (Å²) in [6, 6.07) is 17.0. The Kier molecular flexibility index (Phi) is 5.58. The molecule has 4 aromatic rings. The lowest BCUT2D eigenvalue weighted by molar-refractivity contribution is 0.0951. The van der Waals surface area contributed by atoms with Gasteiger partial charge in [-0.2, -0.15) is 5.10 Å². The minimum atomic E-state index is -0.195. The first-order valence-corrected chi connectivity index (χ1v) is 9.98. The number of para-hydroxylation sites is 1. The van der Waals surface area contributed by atoms with Crippen LogP contribution in [0.2, 0.25) is 0 Å². The monoisotopic (exact) mass is 419 g/mol. The lowest BCUT2D eigenvalue weighted by Crippen LogP contribution is -2.25. The maximum Gasteiger partial charge on any atom is 0.252 e. The molecule has 152 valence electrons. The number of hydrogen-bond donors (Lipinski definition) is 2. The lowest BCUT2D eigenvalue weighted by atomic mass is 10.0. The van der Waals surface area contributed by atoms with E-state index in [1.165, 1.54) is 0 Å². The van der Waals surface area contributed by atoms with Crippen molar-refractivity contribution in [3.63, 3.8) is 0 Å². The largest absolute Gasteiger partial charge is 0.497 e. The van der Waals surface area contributed by atoms with Crippen LogP contribution in [0.1, 0.15) is 23.1 Å². The average molecular weight is 420 g/mol. The number of ether oxygens (including phenoxy) is 1. The molecule has 0 saturated carbocycles. The second-order valence-corrected chi connectivity index (χ2v) is 7.06. The van der Waals surface area contributed by atoms with E-state index in [9.17, 15) is 4.79 Å². The molecule has 30 heavy (non-hydrogen) atoms. The molecule has 2 aromatic carbocycles. The first-order chi connectivity index (χ1) is 14.6. The zero-order valence-electron chi connectivity index (χ0n) is 16.7. The summed E-state index contributed by atoms with van der Waals surface area (Å²) in [4.78, 5) is 17.8. The number of amides is 1. The van der Waals surface area contributed by atoms with Gasteiger partial charge < -0.3 is 14.6 Å². The Bertz CT molecular complexity index is 1260. The van der Waals surface area contributed by atoms with E-state index in [0.29, 0.717) is 22.7 Å². The third-order valence-electron chi connectivity index (χ3n) is 4.91. The van der Waals surface area contributed by atoms with Crippen LogP contribution in [-0.4, -0.2) is 32.8 Å². The van der Waals surface area contributed by atoms with E-state index in [2.05, 4.69) is 15.5 Å². The SMILES string of the molecule is CCn1c(CNC(=O)c2cc(-c3ccc(OC)cc3)nc3ccccc23)n[nH]c1=S. The van der Waals surface area contributed by atoms with Crippen molar-refractivity contribution in [2.45, 2.75) is 20.0 Å². The number of nitrogens with one attached hydrogen (secondary N) is 2. The van der Waals surface area contributed by atoms with Gasteiger partial charge in [-0.3, -0.25) is 9.89 Å². The molecule has 0 fully saturated rings. The molecule has 8 heteroatoms. The van der Waals surface area contributed by atoms with Gasteiger partial charge in [0.15, 0.2) is 10.6 Å². The Balaban J connectivity index is 1.69. The normalized spacial score (nSPS) is 10.9. The van der Waals surface area contributed by atoms with Crippen molar-refractivity contribution in [2.24, 2.45) is 0 Å². The predicted molar refractivity (Wildman–Crippen MR) is 118 cm³/mol. The molecule has 0 radical (unpaired) electrons. The average Bonchev–Trinajstić information content (AvgIpc) is 3.16. The molecule has 0 unspecified atom stereocenters. The van der Waals surface area contributed by atoms with Crippen LogP contribution < -0.4 is 10.1 Å². The Labute approximate surface area is 178 Å². The summed E-state index contributed by atoms with van der Waals surface area (Å²) in [5.41, 5.74) is 2.94. The number of methoxy groups -OCH3 is 1. The van der Waals surface area contributed by atoms with Crippen LogP contribution >= 0.6 is 12.2 Å². The number of aromatic nitrogens is 4. The standard InChI is InChI=1S/C22H21N5O2S/c1-3-27-20(25-26-22(27)30)13-23-21(28)17-12-19(14-8-10-15(29-2)11-9-14)24-18-7-5-4-6-16(17)18/h4-12H,3,13H2,1-2H3,(H,23,28)(H,26,30). The number of H-pyrrole nitrogens is 1. The van der Waals surface area contributed by atoms with E-state index in [1.54, 1.807) is 7.11 Å². The summed E-state index contributed by atoms with van der Waals surface area (Å²) in [7, 11) is 1.63. The zero-order valence-corrected chi connectivity index (χ0v) is 17.5.